The standard InChI is InChI=1S/C24H22ClF3N2O5S/c1-34-21-12-17(23(31)29-19-11-16(24(26,27)28)9-10-18(19)25)20(13-22(21)35-2)30(36(3,32)33)14-15-7-5-4-6-8-15/h4-13H,14H2,1-3H3,(H,29,31). The van der Waals surface area contributed by atoms with Crippen LogP contribution in [0.4, 0.5) is 24.5 Å². The Morgan fingerprint density at radius 3 is 2.17 bits per heavy atom. The molecule has 0 saturated carbocycles. The molecule has 36 heavy (non-hydrogen) atoms. The van der Waals surface area contributed by atoms with Crippen molar-refractivity contribution in [1.29, 1.82) is 0 Å². The van der Waals surface area contributed by atoms with Gasteiger partial charge >= 0.3 is 6.18 Å². The largest absolute Gasteiger partial charge is 0.493 e. The van der Waals surface area contributed by atoms with Gasteiger partial charge in [0, 0.05) is 6.07 Å². The van der Waals surface area contributed by atoms with Crippen LogP contribution in [0.2, 0.25) is 5.02 Å². The molecule has 0 saturated heterocycles. The maximum Gasteiger partial charge on any atom is 0.416 e. The van der Waals surface area contributed by atoms with Crippen molar-refractivity contribution in [3.8, 4) is 11.5 Å². The molecule has 0 spiro atoms. The van der Waals surface area contributed by atoms with Gasteiger partial charge in [-0.25, -0.2) is 8.42 Å². The number of nitrogens with one attached hydrogen (secondary N) is 1. The highest BCUT2D eigenvalue weighted by atomic mass is 35.5. The molecule has 192 valence electrons. The van der Waals surface area contributed by atoms with Gasteiger partial charge in [-0.15, -0.1) is 0 Å². The number of benzene rings is 3. The predicted molar refractivity (Wildman–Crippen MR) is 131 cm³/mol. The fourth-order valence-electron chi connectivity index (χ4n) is 3.37. The van der Waals surface area contributed by atoms with Gasteiger partial charge in [0.15, 0.2) is 11.5 Å². The van der Waals surface area contributed by atoms with Crippen LogP contribution in [0.25, 0.3) is 0 Å². The Balaban J connectivity index is 2.15. The van der Waals surface area contributed by atoms with Gasteiger partial charge in [-0.1, -0.05) is 41.9 Å². The molecule has 0 aliphatic heterocycles. The molecule has 0 heterocycles. The Morgan fingerprint density at radius 2 is 1.61 bits per heavy atom. The molecular formula is C24H22ClF3N2O5S. The minimum Gasteiger partial charge on any atom is -0.493 e. The van der Waals surface area contributed by atoms with E-state index in [2.05, 4.69) is 5.32 Å². The van der Waals surface area contributed by atoms with Crippen LogP contribution < -0.4 is 19.1 Å². The van der Waals surface area contributed by atoms with Crippen LogP contribution in [-0.2, 0) is 22.7 Å². The molecule has 0 radical (unpaired) electrons. The quantitative estimate of drug-likeness (QED) is 0.401. The second kappa shape index (κ2) is 10.7. The van der Waals surface area contributed by atoms with Crippen molar-refractivity contribution < 1.29 is 35.9 Å². The molecule has 0 unspecified atom stereocenters. The van der Waals surface area contributed by atoms with Gasteiger partial charge in [0.25, 0.3) is 5.91 Å². The number of methoxy groups -OCH3 is 2. The Morgan fingerprint density at radius 1 is 1.00 bits per heavy atom. The van der Waals surface area contributed by atoms with Crippen molar-refractivity contribution in [2.24, 2.45) is 0 Å². The summed E-state index contributed by atoms with van der Waals surface area (Å²) in [5, 5.41) is 2.21. The van der Waals surface area contributed by atoms with Crippen LogP contribution in [0.5, 0.6) is 11.5 Å². The number of rotatable bonds is 8. The lowest BCUT2D eigenvalue weighted by molar-refractivity contribution is -0.137. The highest BCUT2D eigenvalue weighted by Gasteiger charge is 2.32. The van der Waals surface area contributed by atoms with Crippen molar-refractivity contribution in [2.75, 3.05) is 30.1 Å². The number of anilines is 2. The van der Waals surface area contributed by atoms with Gasteiger partial charge in [0.1, 0.15) is 0 Å². The molecule has 1 N–H and O–H groups in total. The Labute approximate surface area is 211 Å². The van der Waals surface area contributed by atoms with Crippen LogP contribution in [0, 0.1) is 0 Å². The summed E-state index contributed by atoms with van der Waals surface area (Å²) in [4.78, 5) is 13.3. The monoisotopic (exact) mass is 542 g/mol. The number of alkyl halides is 3. The summed E-state index contributed by atoms with van der Waals surface area (Å²) in [5.41, 5.74) is -0.949. The summed E-state index contributed by atoms with van der Waals surface area (Å²) in [5.74, 6) is -0.661. The lowest BCUT2D eigenvalue weighted by Crippen LogP contribution is -2.31. The number of ether oxygens (including phenoxy) is 2. The first-order valence-corrected chi connectivity index (χ1v) is 12.5. The topological polar surface area (TPSA) is 84.9 Å². The van der Waals surface area contributed by atoms with Gasteiger partial charge in [-0.05, 0) is 29.8 Å². The minimum absolute atomic E-state index is 0.0698. The van der Waals surface area contributed by atoms with Crippen LogP contribution in [0.1, 0.15) is 21.5 Å². The van der Waals surface area contributed by atoms with Crippen molar-refractivity contribution in [1.82, 2.24) is 0 Å². The molecule has 12 heteroatoms. The Hall–Kier alpha value is -3.44. The summed E-state index contributed by atoms with van der Waals surface area (Å²) in [7, 11) is -1.28. The van der Waals surface area contributed by atoms with Gasteiger partial charge < -0.3 is 14.8 Å². The second-order valence-electron chi connectivity index (χ2n) is 7.63. The zero-order valence-electron chi connectivity index (χ0n) is 19.4. The molecule has 7 nitrogen and oxygen atoms in total. The maximum atomic E-state index is 13.3. The van der Waals surface area contributed by atoms with E-state index in [1.54, 1.807) is 30.3 Å². The van der Waals surface area contributed by atoms with E-state index in [1.165, 1.54) is 26.4 Å². The number of nitrogens with zero attached hydrogens (tertiary/aromatic N) is 1. The third-order valence-corrected chi connectivity index (χ3v) is 6.58. The van der Waals surface area contributed by atoms with E-state index in [-0.39, 0.29) is 40.0 Å². The van der Waals surface area contributed by atoms with Gasteiger partial charge in [-0.2, -0.15) is 13.2 Å². The number of hydrogen-bond acceptors (Lipinski definition) is 5. The minimum atomic E-state index is -4.67. The number of hydrogen-bond donors (Lipinski definition) is 1. The normalized spacial score (nSPS) is 11.6. The van der Waals surface area contributed by atoms with E-state index in [9.17, 15) is 26.4 Å². The number of amides is 1. The average molecular weight is 543 g/mol. The first kappa shape index (κ1) is 27.2. The number of carbonyl (C=O) groups excluding carboxylic acids is 1. The molecular weight excluding hydrogens is 521 g/mol. The van der Waals surface area contributed by atoms with Gasteiger partial charge in [0.05, 0.1) is 54.5 Å². The van der Waals surface area contributed by atoms with Crippen molar-refractivity contribution >= 4 is 38.9 Å². The van der Waals surface area contributed by atoms with Crippen molar-refractivity contribution in [3.05, 3.63) is 82.4 Å². The molecule has 0 aliphatic rings. The summed E-state index contributed by atoms with van der Waals surface area (Å²) in [6, 6.07) is 13.7. The number of sulfonamides is 1. The second-order valence-corrected chi connectivity index (χ2v) is 9.94. The van der Waals surface area contributed by atoms with E-state index in [0.717, 1.165) is 22.7 Å². The Kier molecular flexibility index (Phi) is 8.05. The van der Waals surface area contributed by atoms with E-state index < -0.39 is 27.7 Å². The van der Waals surface area contributed by atoms with Crippen LogP contribution in [0.15, 0.2) is 60.7 Å². The zero-order valence-corrected chi connectivity index (χ0v) is 21.0. The van der Waals surface area contributed by atoms with Crippen molar-refractivity contribution in [2.45, 2.75) is 12.7 Å². The summed E-state index contributed by atoms with van der Waals surface area (Å²) < 4.78 is 76.7. The van der Waals surface area contributed by atoms with Gasteiger partial charge in [0.2, 0.25) is 10.0 Å². The summed E-state index contributed by atoms with van der Waals surface area (Å²) >= 11 is 6.03. The fourth-order valence-corrected chi connectivity index (χ4v) is 4.43. The van der Waals surface area contributed by atoms with Gasteiger partial charge in [-0.3, -0.25) is 9.10 Å². The third kappa shape index (κ3) is 6.21. The highest BCUT2D eigenvalue weighted by molar-refractivity contribution is 7.92. The molecule has 0 fully saturated rings. The maximum absolute atomic E-state index is 13.3. The number of halogens is 4. The fraction of sp³-hybridized carbons (Fsp3) is 0.208. The molecule has 0 atom stereocenters. The van der Waals surface area contributed by atoms with Crippen LogP contribution >= 0.6 is 11.6 Å². The van der Waals surface area contributed by atoms with E-state index in [4.69, 9.17) is 21.1 Å². The highest BCUT2D eigenvalue weighted by Crippen LogP contribution is 2.38. The van der Waals surface area contributed by atoms with Crippen molar-refractivity contribution in [3.63, 3.8) is 0 Å². The zero-order chi connectivity index (χ0) is 26.7. The lowest BCUT2D eigenvalue weighted by Gasteiger charge is -2.26. The third-order valence-electron chi connectivity index (χ3n) is 5.13. The molecule has 0 aromatic heterocycles. The number of carbonyl (C=O) groups is 1. The molecule has 0 bridgehead atoms. The lowest BCUT2D eigenvalue weighted by atomic mass is 10.1. The SMILES string of the molecule is COc1cc(C(=O)Nc2cc(C(F)(F)F)ccc2Cl)c(N(Cc2ccccc2)S(C)(=O)=O)cc1OC. The summed E-state index contributed by atoms with van der Waals surface area (Å²) in [6.07, 6.45) is -3.70. The molecule has 3 aromatic carbocycles. The van der Waals surface area contributed by atoms with E-state index >= 15 is 0 Å². The molecule has 3 aromatic rings. The Bertz CT molecular complexity index is 1370. The van der Waals surface area contributed by atoms with E-state index in [1.807, 2.05) is 0 Å². The first-order chi connectivity index (χ1) is 16.8. The molecule has 1 amide bonds. The summed E-state index contributed by atoms with van der Waals surface area (Å²) in [6.45, 7) is -0.125. The van der Waals surface area contributed by atoms with E-state index in [0.29, 0.717) is 11.6 Å². The molecule has 3 rings (SSSR count). The smallest absolute Gasteiger partial charge is 0.416 e. The molecule has 0 aliphatic carbocycles. The van der Waals surface area contributed by atoms with Crippen LogP contribution in [-0.4, -0.2) is 34.8 Å². The predicted octanol–water partition coefficient (Wildman–Crippen LogP) is 5.59. The van der Waals surface area contributed by atoms with Crippen LogP contribution in [0.3, 0.4) is 0 Å². The first-order valence-electron chi connectivity index (χ1n) is 10.3. The average Bonchev–Trinajstić information content (AvgIpc) is 2.82.